The van der Waals surface area contributed by atoms with Crippen LogP contribution in [0.15, 0.2) is 36.7 Å². The van der Waals surface area contributed by atoms with E-state index in [1.165, 1.54) is 6.07 Å². The fraction of sp³-hybridized carbons (Fsp3) is 0.308. The Balaban J connectivity index is 1.80. The third-order valence-electron chi connectivity index (χ3n) is 2.59. The second-order valence-corrected chi connectivity index (χ2v) is 4.04. The minimum atomic E-state index is -0.151. The molecule has 90 valence electrons. The van der Waals surface area contributed by atoms with Gasteiger partial charge in [0.2, 0.25) is 0 Å². The third kappa shape index (κ3) is 3.39. The summed E-state index contributed by atoms with van der Waals surface area (Å²) in [5.74, 6) is -0.151. The van der Waals surface area contributed by atoms with Crippen LogP contribution in [-0.2, 0) is 13.1 Å². The first-order chi connectivity index (χ1) is 8.25. The van der Waals surface area contributed by atoms with Crippen LogP contribution >= 0.6 is 0 Å². The SMILES string of the molecule is Cc1ccc(F)c(CNCCn2cccn2)c1. The molecule has 0 saturated carbocycles. The zero-order valence-corrected chi connectivity index (χ0v) is 9.86. The second kappa shape index (κ2) is 5.59. The Morgan fingerprint density at radius 2 is 2.29 bits per heavy atom. The number of nitrogens with zero attached hydrogens (tertiary/aromatic N) is 2. The number of nitrogens with one attached hydrogen (secondary N) is 1. The molecule has 0 fully saturated rings. The van der Waals surface area contributed by atoms with Gasteiger partial charge in [-0.2, -0.15) is 5.10 Å². The van der Waals surface area contributed by atoms with E-state index in [9.17, 15) is 4.39 Å². The summed E-state index contributed by atoms with van der Waals surface area (Å²) in [6.45, 7) is 4.08. The van der Waals surface area contributed by atoms with E-state index < -0.39 is 0 Å². The summed E-state index contributed by atoms with van der Waals surface area (Å²) in [5, 5.41) is 7.30. The minimum absolute atomic E-state index is 0.151. The molecule has 2 rings (SSSR count). The van der Waals surface area contributed by atoms with Gasteiger partial charge in [0, 0.05) is 31.0 Å². The molecule has 1 aromatic carbocycles. The first-order valence-corrected chi connectivity index (χ1v) is 5.69. The van der Waals surface area contributed by atoms with Crippen molar-refractivity contribution in [1.29, 1.82) is 0 Å². The molecule has 0 spiro atoms. The predicted octanol–water partition coefficient (Wildman–Crippen LogP) is 2.12. The summed E-state index contributed by atoms with van der Waals surface area (Å²) in [5.41, 5.74) is 1.79. The highest BCUT2D eigenvalue weighted by Gasteiger charge is 2.01. The Labute approximate surface area is 100 Å². The second-order valence-electron chi connectivity index (χ2n) is 4.04. The molecule has 0 aliphatic carbocycles. The fourth-order valence-electron chi connectivity index (χ4n) is 1.69. The van der Waals surface area contributed by atoms with E-state index in [1.54, 1.807) is 12.3 Å². The number of aromatic nitrogens is 2. The van der Waals surface area contributed by atoms with Gasteiger partial charge in [-0.05, 0) is 19.1 Å². The molecule has 3 nitrogen and oxygen atoms in total. The van der Waals surface area contributed by atoms with E-state index in [4.69, 9.17) is 0 Å². The third-order valence-corrected chi connectivity index (χ3v) is 2.59. The maximum Gasteiger partial charge on any atom is 0.127 e. The van der Waals surface area contributed by atoms with Gasteiger partial charge in [0.05, 0.1) is 6.54 Å². The molecular formula is C13H16FN3. The molecule has 0 radical (unpaired) electrons. The molecule has 0 amide bonds. The van der Waals surface area contributed by atoms with Crippen LogP contribution in [0.1, 0.15) is 11.1 Å². The molecule has 4 heteroatoms. The summed E-state index contributed by atoms with van der Waals surface area (Å²) in [6.07, 6.45) is 3.66. The average molecular weight is 233 g/mol. The van der Waals surface area contributed by atoms with E-state index in [-0.39, 0.29) is 5.82 Å². The van der Waals surface area contributed by atoms with Gasteiger partial charge < -0.3 is 5.32 Å². The van der Waals surface area contributed by atoms with Gasteiger partial charge in [0.1, 0.15) is 5.82 Å². The number of benzene rings is 1. The van der Waals surface area contributed by atoms with Gasteiger partial charge in [-0.25, -0.2) is 4.39 Å². The largest absolute Gasteiger partial charge is 0.311 e. The van der Waals surface area contributed by atoms with Crippen molar-refractivity contribution in [3.8, 4) is 0 Å². The summed E-state index contributed by atoms with van der Waals surface area (Å²) in [6, 6.07) is 7.05. The Morgan fingerprint density at radius 3 is 3.06 bits per heavy atom. The van der Waals surface area contributed by atoms with Gasteiger partial charge in [-0.15, -0.1) is 0 Å². The lowest BCUT2D eigenvalue weighted by Crippen LogP contribution is -2.20. The molecule has 1 heterocycles. The van der Waals surface area contributed by atoms with E-state index in [1.807, 2.05) is 29.9 Å². The van der Waals surface area contributed by atoms with Crippen molar-refractivity contribution in [1.82, 2.24) is 15.1 Å². The van der Waals surface area contributed by atoms with Crippen LogP contribution in [0.4, 0.5) is 4.39 Å². The van der Waals surface area contributed by atoms with Gasteiger partial charge >= 0.3 is 0 Å². The lowest BCUT2D eigenvalue weighted by Gasteiger charge is -2.07. The summed E-state index contributed by atoms with van der Waals surface area (Å²) < 4.78 is 15.3. The van der Waals surface area contributed by atoms with Crippen molar-refractivity contribution in [2.75, 3.05) is 6.54 Å². The van der Waals surface area contributed by atoms with Crippen LogP contribution in [0.3, 0.4) is 0 Å². The van der Waals surface area contributed by atoms with Crippen LogP contribution < -0.4 is 5.32 Å². The lowest BCUT2D eigenvalue weighted by molar-refractivity contribution is 0.540. The van der Waals surface area contributed by atoms with Gasteiger partial charge in [0.15, 0.2) is 0 Å². The van der Waals surface area contributed by atoms with E-state index in [0.29, 0.717) is 12.1 Å². The maximum absolute atomic E-state index is 13.4. The van der Waals surface area contributed by atoms with Crippen molar-refractivity contribution in [2.45, 2.75) is 20.0 Å². The van der Waals surface area contributed by atoms with Gasteiger partial charge in [-0.1, -0.05) is 17.7 Å². The standard InChI is InChI=1S/C13H16FN3/c1-11-3-4-13(14)12(9-11)10-15-6-8-17-7-2-5-16-17/h2-5,7,9,15H,6,8,10H2,1H3. The zero-order valence-electron chi connectivity index (χ0n) is 9.86. The molecule has 0 bridgehead atoms. The van der Waals surface area contributed by atoms with Gasteiger partial charge in [-0.3, -0.25) is 4.68 Å². The molecule has 0 aliphatic heterocycles. The van der Waals surface area contributed by atoms with Crippen LogP contribution in [0.5, 0.6) is 0 Å². The summed E-state index contributed by atoms with van der Waals surface area (Å²) >= 11 is 0. The minimum Gasteiger partial charge on any atom is -0.311 e. The molecule has 1 N–H and O–H groups in total. The highest BCUT2D eigenvalue weighted by Crippen LogP contribution is 2.09. The van der Waals surface area contributed by atoms with Crippen LogP contribution in [0.25, 0.3) is 0 Å². The molecular weight excluding hydrogens is 217 g/mol. The molecule has 2 aromatic rings. The Kier molecular flexibility index (Phi) is 3.88. The van der Waals surface area contributed by atoms with Crippen molar-refractivity contribution in [3.05, 3.63) is 53.6 Å². The molecule has 0 unspecified atom stereocenters. The van der Waals surface area contributed by atoms with Crippen LogP contribution in [0.2, 0.25) is 0 Å². The lowest BCUT2D eigenvalue weighted by atomic mass is 10.1. The van der Waals surface area contributed by atoms with Crippen LogP contribution in [0, 0.1) is 12.7 Å². The molecule has 1 aromatic heterocycles. The van der Waals surface area contributed by atoms with Crippen molar-refractivity contribution >= 4 is 0 Å². The normalized spacial score (nSPS) is 10.7. The molecule has 17 heavy (non-hydrogen) atoms. The summed E-state index contributed by atoms with van der Waals surface area (Å²) in [4.78, 5) is 0. The number of hydrogen-bond acceptors (Lipinski definition) is 2. The van der Waals surface area contributed by atoms with Crippen molar-refractivity contribution < 1.29 is 4.39 Å². The average Bonchev–Trinajstić information content (AvgIpc) is 2.82. The Hall–Kier alpha value is -1.68. The quantitative estimate of drug-likeness (QED) is 0.802. The molecule has 0 aliphatic rings. The van der Waals surface area contributed by atoms with Crippen LogP contribution in [-0.4, -0.2) is 16.3 Å². The highest BCUT2D eigenvalue weighted by atomic mass is 19.1. The smallest absolute Gasteiger partial charge is 0.127 e. The Bertz CT molecular complexity index is 466. The number of hydrogen-bond donors (Lipinski definition) is 1. The van der Waals surface area contributed by atoms with E-state index >= 15 is 0 Å². The van der Waals surface area contributed by atoms with Crippen molar-refractivity contribution in [2.24, 2.45) is 0 Å². The highest BCUT2D eigenvalue weighted by molar-refractivity contribution is 5.23. The Morgan fingerprint density at radius 1 is 1.41 bits per heavy atom. The monoisotopic (exact) mass is 233 g/mol. The first-order valence-electron chi connectivity index (χ1n) is 5.69. The molecule has 0 atom stereocenters. The molecule has 0 saturated heterocycles. The van der Waals surface area contributed by atoms with E-state index in [2.05, 4.69) is 10.4 Å². The first kappa shape index (κ1) is 11.8. The van der Waals surface area contributed by atoms with Crippen molar-refractivity contribution in [3.63, 3.8) is 0 Å². The zero-order chi connectivity index (χ0) is 12.1. The number of aryl methyl sites for hydroxylation is 1. The summed E-state index contributed by atoms with van der Waals surface area (Å²) in [7, 11) is 0. The number of rotatable bonds is 5. The fourth-order valence-corrected chi connectivity index (χ4v) is 1.69. The number of halogens is 1. The topological polar surface area (TPSA) is 29.9 Å². The van der Waals surface area contributed by atoms with E-state index in [0.717, 1.165) is 18.7 Å². The maximum atomic E-state index is 13.4. The predicted molar refractivity (Wildman–Crippen MR) is 65.1 cm³/mol. The van der Waals surface area contributed by atoms with Gasteiger partial charge in [0.25, 0.3) is 0 Å².